The molecule has 5 nitrogen and oxygen atoms in total. The molecule has 0 aliphatic carbocycles. The lowest BCUT2D eigenvalue weighted by Crippen LogP contribution is -2.09. The SMILES string of the molecule is CCCc1c(I)ncnc1Cc1ccnn1-c1ncccc1Br. The monoisotopic (exact) mass is 483 g/mol. The molecule has 3 aromatic heterocycles. The van der Waals surface area contributed by atoms with E-state index < -0.39 is 0 Å². The predicted molar refractivity (Wildman–Crippen MR) is 101 cm³/mol. The summed E-state index contributed by atoms with van der Waals surface area (Å²) in [6.45, 7) is 2.17. The lowest BCUT2D eigenvalue weighted by atomic mass is 10.1. The van der Waals surface area contributed by atoms with E-state index >= 15 is 0 Å². The lowest BCUT2D eigenvalue weighted by molar-refractivity contribution is 0.775. The Labute approximate surface area is 156 Å². The van der Waals surface area contributed by atoms with Crippen LogP contribution in [0.4, 0.5) is 0 Å². The molecule has 0 bridgehead atoms. The molecule has 3 aromatic rings. The first-order valence-corrected chi connectivity index (χ1v) is 9.20. The number of rotatable bonds is 5. The smallest absolute Gasteiger partial charge is 0.167 e. The average molecular weight is 484 g/mol. The van der Waals surface area contributed by atoms with Crippen LogP contribution in [0.3, 0.4) is 0 Å². The summed E-state index contributed by atoms with van der Waals surface area (Å²) < 4.78 is 3.80. The van der Waals surface area contributed by atoms with Crippen LogP contribution in [0.1, 0.15) is 30.3 Å². The van der Waals surface area contributed by atoms with Crippen molar-refractivity contribution in [1.29, 1.82) is 0 Å². The minimum absolute atomic E-state index is 0.705. The third kappa shape index (κ3) is 3.60. The molecule has 0 fully saturated rings. The molecule has 0 atom stereocenters. The first-order chi connectivity index (χ1) is 11.2. The van der Waals surface area contributed by atoms with Gasteiger partial charge in [-0.05, 0) is 63.1 Å². The number of hydrogen-bond acceptors (Lipinski definition) is 4. The van der Waals surface area contributed by atoms with Crippen molar-refractivity contribution in [3.05, 3.63) is 62.0 Å². The molecule has 0 aromatic carbocycles. The van der Waals surface area contributed by atoms with Crippen LogP contribution in [-0.2, 0) is 12.8 Å². The molecule has 23 heavy (non-hydrogen) atoms. The van der Waals surface area contributed by atoms with Crippen LogP contribution >= 0.6 is 38.5 Å². The molecule has 118 valence electrons. The number of halogens is 2. The number of aromatic nitrogens is 5. The second kappa shape index (κ2) is 7.48. The van der Waals surface area contributed by atoms with E-state index in [1.54, 1.807) is 18.7 Å². The highest BCUT2D eigenvalue weighted by Gasteiger charge is 2.14. The Kier molecular flexibility index (Phi) is 5.37. The summed E-state index contributed by atoms with van der Waals surface area (Å²) in [6.07, 6.45) is 7.95. The molecule has 3 heterocycles. The molecule has 3 rings (SSSR count). The Hall–Kier alpha value is -1.35. The second-order valence-electron chi connectivity index (χ2n) is 5.06. The van der Waals surface area contributed by atoms with Crippen molar-refractivity contribution in [2.45, 2.75) is 26.2 Å². The second-order valence-corrected chi connectivity index (χ2v) is 6.94. The van der Waals surface area contributed by atoms with Crippen molar-refractivity contribution in [2.24, 2.45) is 0 Å². The van der Waals surface area contributed by atoms with Crippen molar-refractivity contribution in [3.63, 3.8) is 0 Å². The van der Waals surface area contributed by atoms with Crippen molar-refractivity contribution in [1.82, 2.24) is 24.7 Å². The Balaban J connectivity index is 1.99. The molecule has 0 aliphatic rings. The van der Waals surface area contributed by atoms with Gasteiger partial charge in [-0.2, -0.15) is 5.10 Å². The maximum atomic E-state index is 4.50. The van der Waals surface area contributed by atoms with Crippen molar-refractivity contribution in [2.75, 3.05) is 0 Å². The fourth-order valence-corrected chi connectivity index (χ4v) is 3.56. The number of nitrogens with zero attached hydrogens (tertiary/aromatic N) is 5. The van der Waals surface area contributed by atoms with Gasteiger partial charge in [0.15, 0.2) is 5.82 Å². The molecule has 7 heteroatoms. The van der Waals surface area contributed by atoms with Gasteiger partial charge in [0.25, 0.3) is 0 Å². The maximum absolute atomic E-state index is 4.50. The fraction of sp³-hybridized carbons (Fsp3) is 0.250. The first kappa shape index (κ1) is 16.5. The zero-order valence-electron chi connectivity index (χ0n) is 12.6. The molecule has 0 spiro atoms. The molecular formula is C16H15BrIN5. The molecule has 0 saturated carbocycles. The maximum Gasteiger partial charge on any atom is 0.167 e. The third-order valence-corrected chi connectivity index (χ3v) is 5.04. The largest absolute Gasteiger partial charge is 0.241 e. The molecule has 0 N–H and O–H groups in total. The minimum atomic E-state index is 0.705. The van der Waals surface area contributed by atoms with Crippen LogP contribution in [0, 0.1) is 3.70 Å². The highest BCUT2D eigenvalue weighted by atomic mass is 127. The van der Waals surface area contributed by atoms with Gasteiger partial charge in [-0.1, -0.05) is 13.3 Å². The number of hydrogen-bond donors (Lipinski definition) is 0. The van der Waals surface area contributed by atoms with Gasteiger partial charge < -0.3 is 0 Å². The normalized spacial score (nSPS) is 10.9. The molecule has 0 amide bonds. The summed E-state index contributed by atoms with van der Waals surface area (Å²) in [6, 6.07) is 5.86. The van der Waals surface area contributed by atoms with Crippen LogP contribution in [0.2, 0.25) is 0 Å². The van der Waals surface area contributed by atoms with E-state index in [4.69, 9.17) is 0 Å². The summed E-state index contributed by atoms with van der Waals surface area (Å²) in [4.78, 5) is 13.2. The van der Waals surface area contributed by atoms with Gasteiger partial charge in [0.05, 0.1) is 15.9 Å². The van der Waals surface area contributed by atoms with Crippen LogP contribution in [0.15, 0.2) is 41.4 Å². The zero-order chi connectivity index (χ0) is 16.2. The quantitative estimate of drug-likeness (QED) is 0.407. The van der Waals surface area contributed by atoms with Gasteiger partial charge in [0, 0.05) is 24.4 Å². The Morgan fingerprint density at radius 1 is 1.17 bits per heavy atom. The van der Waals surface area contributed by atoms with Crippen LogP contribution < -0.4 is 0 Å². The molecule has 0 saturated heterocycles. The van der Waals surface area contributed by atoms with E-state index in [0.717, 1.165) is 38.2 Å². The predicted octanol–water partition coefficient (Wildman–Crippen LogP) is 3.97. The van der Waals surface area contributed by atoms with Gasteiger partial charge in [0.1, 0.15) is 10.0 Å². The molecule has 0 radical (unpaired) electrons. The van der Waals surface area contributed by atoms with E-state index in [2.05, 4.69) is 65.5 Å². The Morgan fingerprint density at radius 2 is 2.04 bits per heavy atom. The average Bonchev–Trinajstić information content (AvgIpc) is 2.99. The molecule has 0 unspecified atom stereocenters. The zero-order valence-corrected chi connectivity index (χ0v) is 16.3. The van der Waals surface area contributed by atoms with Crippen LogP contribution in [0.25, 0.3) is 5.82 Å². The fourth-order valence-electron chi connectivity index (χ4n) is 2.43. The van der Waals surface area contributed by atoms with Crippen molar-refractivity contribution in [3.8, 4) is 5.82 Å². The van der Waals surface area contributed by atoms with Crippen LogP contribution in [0.5, 0.6) is 0 Å². The molecule has 0 aliphatic heterocycles. The Bertz CT molecular complexity index is 818. The van der Waals surface area contributed by atoms with E-state index in [1.807, 2.05) is 22.9 Å². The highest BCUT2D eigenvalue weighted by Crippen LogP contribution is 2.22. The third-order valence-electron chi connectivity index (χ3n) is 3.49. The summed E-state index contributed by atoms with van der Waals surface area (Å²) >= 11 is 5.82. The first-order valence-electron chi connectivity index (χ1n) is 7.32. The summed E-state index contributed by atoms with van der Waals surface area (Å²) in [5.74, 6) is 0.785. The van der Waals surface area contributed by atoms with Crippen molar-refractivity contribution >= 4 is 38.5 Å². The van der Waals surface area contributed by atoms with E-state index in [9.17, 15) is 0 Å². The standard InChI is InChI=1S/C16H15BrIN5/c1-2-4-12-14(20-10-21-15(12)18)9-11-6-8-22-23(11)16-13(17)5-3-7-19-16/h3,5-8,10H,2,4,9H2,1H3. The van der Waals surface area contributed by atoms with Gasteiger partial charge in [0.2, 0.25) is 0 Å². The van der Waals surface area contributed by atoms with Gasteiger partial charge in [-0.25, -0.2) is 19.6 Å². The minimum Gasteiger partial charge on any atom is -0.241 e. The summed E-state index contributed by atoms with van der Waals surface area (Å²) in [5, 5.41) is 4.42. The van der Waals surface area contributed by atoms with E-state index in [0.29, 0.717) is 6.42 Å². The van der Waals surface area contributed by atoms with E-state index in [1.165, 1.54) is 5.56 Å². The van der Waals surface area contributed by atoms with Gasteiger partial charge in [-0.3, -0.25) is 0 Å². The van der Waals surface area contributed by atoms with Gasteiger partial charge in [-0.15, -0.1) is 0 Å². The van der Waals surface area contributed by atoms with Crippen molar-refractivity contribution < 1.29 is 0 Å². The number of pyridine rings is 1. The summed E-state index contributed by atoms with van der Waals surface area (Å²) in [7, 11) is 0. The topological polar surface area (TPSA) is 56.5 Å². The molecular weight excluding hydrogens is 469 g/mol. The Morgan fingerprint density at radius 3 is 2.83 bits per heavy atom. The summed E-state index contributed by atoms with van der Waals surface area (Å²) in [5.41, 5.74) is 3.33. The van der Waals surface area contributed by atoms with Crippen LogP contribution in [-0.4, -0.2) is 24.7 Å². The highest BCUT2D eigenvalue weighted by molar-refractivity contribution is 14.1. The lowest BCUT2D eigenvalue weighted by Gasteiger charge is -2.11. The van der Waals surface area contributed by atoms with Gasteiger partial charge >= 0.3 is 0 Å². The van der Waals surface area contributed by atoms with E-state index in [-0.39, 0.29) is 0 Å².